The first-order valence-corrected chi connectivity index (χ1v) is 8.94. The number of thiophene rings is 1. The van der Waals surface area contributed by atoms with Crippen LogP contribution in [0.15, 0.2) is 35.9 Å². The van der Waals surface area contributed by atoms with Crippen molar-refractivity contribution in [1.82, 2.24) is 0 Å². The molecule has 4 rings (SSSR count). The molecule has 23 heavy (non-hydrogen) atoms. The molecule has 3 heteroatoms. The Balaban J connectivity index is 1.76. The van der Waals surface area contributed by atoms with E-state index in [9.17, 15) is 4.79 Å². The van der Waals surface area contributed by atoms with Crippen LogP contribution in [0.1, 0.15) is 63.3 Å². The van der Waals surface area contributed by atoms with Gasteiger partial charge >= 0.3 is 5.97 Å². The predicted octanol–water partition coefficient (Wildman–Crippen LogP) is 5.38. The number of aryl methyl sites for hydroxylation is 1. The molecule has 2 nitrogen and oxygen atoms in total. The third-order valence-corrected chi connectivity index (χ3v) is 6.65. The Kier molecular flexibility index (Phi) is 3.24. The predicted molar refractivity (Wildman–Crippen MR) is 94.4 cm³/mol. The average Bonchev–Trinajstić information content (AvgIpc) is 3.20. The third kappa shape index (κ3) is 2.18. The second-order valence-corrected chi connectivity index (χ2v) is 8.06. The lowest BCUT2D eigenvalue weighted by atomic mass is 9.73. The minimum atomic E-state index is -0.840. The van der Waals surface area contributed by atoms with Crippen LogP contribution >= 0.6 is 11.3 Å². The van der Waals surface area contributed by atoms with E-state index in [0.717, 1.165) is 4.88 Å². The van der Waals surface area contributed by atoms with E-state index >= 15 is 0 Å². The topological polar surface area (TPSA) is 37.3 Å². The Morgan fingerprint density at radius 3 is 2.91 bits per heavy atom. The van der Waals surface area contributed by atoms with Crippen molar-refractivity contribution >= 4 is 23.4 Å². The van der Waals surface area contributed by atoms with Crippen molar-refractivity contribution in [2.45, 2.75) is 44.4 Å². The van der Waals surface area contributed by atoms with Crippen LogP contribution in [0.5, 0.6) is 0 Å². The highest BCUT2D eigenvalue weighted by Gasteiger charge is 2.49. The van der Waals surface area contributed by atoms with Crippen LogP contribution in [0, 0.1) is 6.92 Å². The maximum absolute atomic E-state index is 11.1. The molecule has 118 valence electrons. The smallest absolute Gasteiger partial charge is 0.345 e. The SMILES string of the molecule is C/C(=C\c1ccc(C(=O)O)s1)C12CCC(C1)c1ccc(C)cc12. The first kappa shape index (κ1) is 14.7. The molecule has 2 aromatic rings. The second kappa shape index (κ2) is 5.07. The number of rotatable bonds is 3. The average molecular weight is 324 g/mol. The largest absolute Gasteiger partial charge is 0.477 e. The van der Waals surface area contributed by atoms with Gasteiger partial charge in [0.25, 0.3) is 0 Å². The van der Waals surface area contributed by atoms with Crippen molar-refractivity contribution in [1.29, 1.82) is 0 Å². The highest BCUT2D eigenvalue weighted by molar-refractivity contribution is 7.14. The molecule has 1 heterocycles. The summed E-state index contributed by atoms with van der Waals surface area (Å²) >= 11 is 1.36. The van der Waals surface area contributed by atoms with Crippen molar-refractivity contribution in [2.75, 3.05) is 0 Å². The maximum atomic E-state index is 11.1. The number of carboxylic acids is 1. The summed E-state index contributed by atoms with van der Waals surface area (Å²) in [6.45, 7) is 4.39. The van der Waals surface area contributed by atoms with E-state index in [1.165, 1.54) is 52.9 Å². The van der Waals surface area contributed by atoms with Gasteiger partial charge in [0.05, 0.1) is 0 Å². The molecular weight excluding hydrogens is 304 g/mol. The molecule has 0 aliphatic heterocycles. The number of allylic oxidation sites excluding steroid dienone is 1. The van der Waals surface area contributed by atoms with Gasteiger partial charge in [-0.2, -0.15) is 0 Å². The van der Waals surface area contributed by atoms with Gasteiger partial charge in [-0.3, -0.25) is 0 Å². The summed E-state index contributed by atoms with van der Waals surface area (Å²) < 4.78 is 0. The summed E-state index contributed by atoms with van der Waals surface area (Å²) in [6, 6.07) is 10.5. The highest BCUT2D eigenvalue weighted by atomic mass is 32.1. The molecule has 0 amide bonds. The lowest BCUT2D eigenvalue weighted by Gasteiger charge is -2.30. The molecule has 2 unspecified atom stereocenters. The number of aromatic carboxylic acids is 1. The molecule has 0 spiro atoms. The van der Waals surface area contributed by atoms with Gasteiger partial charge in [-0.15, -0.1) is 11.3 Å². The zero-order valence-electron chi connectivity index (χ0n) is 13.4. The number of carbonyl (C=O) groups is 1. The van der Waals surface area contributed by atoms with E-state index in [-0.39, 0.29) is 5.41 Å². The zero-order chi connectivity index (χ0) is 16.2. The van der Waals surface area contributed by atoms with Gasteiger partial charge in [-0.25, -0.2) is 4.79 Å². The molecule has 1 aromatic heterocycles. The molecule has 1 N–H and O–H groups in total. The highest BCUT2D eigenvalue weighted by Crippen LogP contribution is 2.60. The lowest BCUT2D eigenvalue weighted by molar-refractivity contribution is 0.0702. The maximum Gasteiger partial charge on any atom is 0.345 e. The summed E-state index contributed by atoms with van der Waals surface area (Å²) in [4.78, 5) is 12.5. The normalized spacial score (nSPS) is 25.7. The number of hydrogen-bond donors (Lipinski definition) is 1. The lowest BCUT2D eigenvalue weighted by Crippen LogP contribution is -2.22. The molecular formula is C20H20O2S. The summed E-state index contributed by atoms with van der Waals surface area (Å²) in [5.41, 5.74) is 5.92. The van der Waals surface area contributed by atoms with E-state index in [0.29, 0.717) is 10.8 Å². The van der Waals surface area contributed by atoms with E-state index in [2.05, 4.69) is 38.1 Å². The van der Waals surface area contributed by atoms with E-state index < -0.39 is 5.97 Å². The molecule has 1 saturated carbocycles. The van der Waals surface area contributed by atoms with E-state index in [1.54, 1.807) is 6.07 Å². The van der Waals surface area contributed by atoms with Gasteiger partial charge in [0.1, 0.15) is 4.88 Å². The fraction of sp³-hybridized carbons (Fsp3) is 0.350. The van der Waals surface area contributed by atoms with Gasteiger partial charge in [-0.05, 0) is 68.4 Å². The third-order valence-electron chi connectivity index (χ3n) is 5.63. The Bertz CT molecular complexity index is 830. The molecule has 1 fully saturated rings. The van der Waals surface area contributed by atoms with Crippen LogP contribution in [0.3, 0.4) is 0 Å². The van der Waals surface area contributed by atoms with Crippen LogP contribution in [0.4, 0.5) is 0 Å². The van der Waals surface area contributed by atoms with Gasteiger partial charge in [0.2, 0.25) is 0 Å². The Morgan fingerprint density at radius 2 is 2.17 bits per heavy atom. The van der Waals surface area contributed by atoms with Crippen molar-refractivity contribution in [3.8, 4) is 0 Å². The molecule has 2 atom stereocenters. The molecule has 2 bridgehead atoms. The van der Waals surface area contributed by atoms with E-state index in [1.807, 2.05) is 6.07 Å². The number of carboxylic acid groups (broad SMARTS) is 1. The van der Waals surface area contributed by atoms with Gasteiger partial charge < -0.3 is 5.11 Å². The number of fused-ring (bicyclic) bond motifs is 5. The van der Waals surface area contributed by atoms with Crippen molar-refractivity contribution in [3.05, 3.63) is 62.3 Å². The molecule has 0 radical (unpaired) electrons. The number of hydrogen-bond acceptors (Lipinski definition) is 2. The first-order valence-electron chi connectivity index (χ1n) is 8.12. The second-order valence-electron chi connectivity index (χ2n) is 6.95. The fourth-order valence-electron chi connectivity index (χ4n) is 4.46. The molecule has 1 aromatic carbocycles. The minimum absolute atomic E-state index is 0.166. The zero-order valence-corrected chi connectivity index (χ0v) is 14.2. The Hall–Kier alpha value is -1.87. The van der Waals surface area contributed by atoms with E-state index in [4.69, 9.17) is 5.11 Å². The van der Waals surface area contributed by atoms with Gasteiger partial charge in [-0.1, -0.05) is 29.3 Å². The van der Waals surface area contributed by atoms with Crippen molar-refractivity contribution in [3.63, 3.8) is 0 Å². The van der Waals surface area contributed by atoms with Crippen LogP contribution in [0.2, 0.25) is 0 Å². The Morgan fingerprint density at radius 1 is 1.35 bits per heavy atom. The molecule has 0 saturated heterocycles. The summed E-state index contributed by atoms with van der Waals surface area (Å²) in [6.07, 6.45) is 5.90. The molecule has 2 aliphatic carbocycles. The monoisotopic (exact) mass is 324 g/mol. The summed E-state index contributed by atoms with van der Waals surface area (Å²) in [5, 5.41) is 9.10. The van der Waals surface area contributed by atoms with Crippen molar-refractivity contribution < 1.29 is 9.90 Å². The van der Waals surface area contributed by atoms with Crippen LogP contribution in [-0.2, 0) is 5.41 Å². The van der Waals surface area contributed by atoms with Gasteiger partial charge in [0, 0.05) is 10.3 Å². The minimum Gasteiger partial charge on any atom is -0.477 e. The van der Waals surface area contributed by atoms with Crippen LogP contribution in [-0.4, -0.2) is 11.1 Å². The summed E-state index contributed by atoms with van der Waals surface area (Å²) in [7, 11) is 0. The number of benzene rings is 1. The molecule has 2 aliphatic rings. The first-order chi connectivity index (χ1) is 11.0. The van der Waals surface area contributed by atoms with Gasteiger partial charge in [0.15, 0.2) is 0 Å². The Labute approximate surface area is 140 Å². The van der Waals surface area contributed by atoms with Crippen molar-refractivity contribution in [2.24, 2.45) is 0 Å². The quantitative estimate of drug-likeness (QED) is 0.823. The summed E-state index contributed by atoms with van der Waals surface area (Å²) in [5.74, 6) is -0.139. The van der Waals surface area contributed by atoms with Crippen LogP contribution < -0.4 is 0 Å². The fourth-order valence-corrected chi connectivity index (χ4v) is 5.31. The standard InChI is InChI=1S/C20H20O2S/c1-12-3-5-16-14-7-8-20(11-14,17(16)9-12)13(2)10-15-4-6-18(23-15)19(21)22/h3-6,9-10,14H,7-8,11H2,1-2H3,(H,21,22)/b13-10+. The van der Waals surface area contributed by atoms with Crippen LogP contribution in [0.25, 0.3) is 6.08 Å².